The number of nitrogens with one attached hydrogen (secondary N) is 1. The molecule has 0 radical (unpaired) electrons. The lowest BCUT2D eigenvalue weighted by Crippen LogP contribution is -2.13. The fraction of sp³-hybridized carbons (Fsp3) is 0.615. The van der Waals surface area contributed by atoms with Crippen LogP contribution in [0.25, 0.3) is 0 Å². The molecular weight excluding hydrogens is 242 g/mol. The standard InChI is InChI=1S/C13H21N5O/c1-5-13-15-12(17-19-13)8-18-10(4)11(7-14-6-2)9(3)16-18/h14H,5-8H2,1-4H3. The van der Waals surface area contributed by atoms with Gasteiger partial charge in [0.15, 0.2) is 5.82 Å². The van der Waals surface area contributed by atoms with Crippen molar-refractivity contribution >= 4 is 0 Å². The minimum atomic E-state index is 0.558. The molecular formula is C13H21N5O. The van der Waals surface area contributed by atoms with Gasteiger partial charge in [-0.25, -0.2) is 0 Å². The summed E-state index contributed by atoms with van der Waals surface area (Å²) in [5.74, 6) is 1.35. The van der Waals surface area contributed by atoms with E-state index in [9.17, 15) is 0 Å². The molecule has 0 unspecified atom stereocenters. The van der Waals surface area contributed by atoms with Gasteiger partial charge < -0.3 is 9.84 Å². The first-order valence-electron chi connectivity index (χ1n) is 6.70. The maximum atomic E-state index is 5.11. The molecule has 0 amide bonds. The lowest BCUT2D eigenvalue weighted by molar-refractivity contribution is 0.374. The molecule has 0 saturated heterocycles. The normalized spacial score (nSPS) is 11.2. The Balaban J connectivity index is 2.16. The van der Waals surface area contributed by atoms with Crippen molar-refractivity contribution in [2.75, 3.05) is 6.54 Å². The van der Waals surface area contributed by atoms with E-state index >= 15 is 0 Å². The average Bonchev–Trinajstić information content (AvgIpc) is 2.95. The molecule has 0 atom stereocenters. The summed E-state index contributed by atoms with van der Waals surface area (Å²) >= 11 is 0. The summed E-state index contributed by atoms with van der Waals surface area (Å²) in [6.07, 6.45) is 0.760. The van der Waals surface area contributed by atoms with E-state index in [2.05, 4.69) is 34.4 Å². The van der Waals surface area contributed by atoms with Crippen molar-refractivity contribution in [3.8, 4) is 0 Å². The Morgan fingerprint density at radius 1 is 1.26 bits per heavy atom. The lowest BCUT2D eigenvalue weighted by atomic mass is 10.2. The van der Waals surface area contributed by atoms with E-state index < -0.39 is 0 Å². The third-order valence-corrected chi connectivity index (χ3v) is 3.19. The maximum Gasteiger partial charge on any atom is 0.226 e. The maximum absolute atomic E-state index is 5.11. The summed E-state index contributed by atoms with van der Waals surface area (Å²) in [6, 6.07) is 0. The predicted molar refractivity (Wildman–Crippen MR) is 71.9 cm³/mol. The Morgan fingerprint density at radius 3 is 2.68 bits per heavy atom. The molecule has 0 bridgehead atoms. The zero-order valence-corrected chi connectivity index (χ0v) is 12.0. The van der Waals surface area contributed by atoms with Crippen molar-refractivity contribution in [1.82, 2.24) is 25.2 Å². The molecule has 19 heavy (non-hydrogen) atoms. The lowest BCUT2D eigenvalue weighted by Gasteiger charge is -2.03. The highest BCUT2D eigenvalue weighted by molar-refractivity contribution is 5.24. The topological polar surface area (TPSA) is 68.8 Å². The summed E-state index contributed by atoms with van der Waals surface area (Å²) in [4.78, 5) is 4.31. The van der Waals surface area contributed by atoms with Crippen LogP contribution in [0.2, 0.25) is 0 Å². The zero-order chi connectivity index (χ0) is 13.8. The highest BCUT2D eigenvalue weighted by Gasteiger charge is 2.13. The number of aryl methyl sites for hydroxylation is 2. The van der Waals surface area contributed by atoms with Gasteiger partial charge >= 0.3 is 0 Å². The van der Waals surface area contributed by atoms with Gasteiger partial charge in [0.2, 0.25) is 5.89 Å². The Bertz CT molecular complexity index is 543. The van der Waals surface area contributed by atoms with Crippen molar-refractivity contribution in [3.63, 3.8) is 0 Å². The van der Waals surface area contributed by atoms with Crippen LogP contribution in [0.5, 0.6) is 0 Å². The van der Waals surface area contributed by atoms with Crippen LogP contribution < -0.4 is 5.32 Å². The molecule has 2 heterocycles. The van der Waals surface area contributed by atoms with E-state index in [1.165, 1.54) is 5.56 Å². The number of nitrogens with zero attached hydrogens (tertiary/aromatic N) is 4. The molecule has 0 fully saturated rings. The van der Waals surface area contributed by atoms with Gasteiger partial charge in [0, 0.05) is 24.2 Å². The van der Waals surface area contributed by atoms with Gasteiger partial charge in [-0.1, -0.05) is 19.0 Å². The van der Waals surface area contributed by atoms with Crippen LogP contribution >= 0.6 is 0 Å². The summed E-state index contributed by atoms with van der Waals surface area (Å²) in [7, 11) is 0. The van der Waals surface area contributed by atoms with Crippen molar-refractivity contribution in [1.29, 1.82) is 0 Å². The highest BCUT2D eigenvalue weighted by Crippen LogP contribution is 2.14. The Morgan fingerprint density at radius 2 is 2.05 bits per heavy atom. The number of rotatable bonds is 6. The minimum absolute atomic E-state index is 0.558. The fourth-order valence-corrected chi connectivity index (χ4v) is 2.03. The molecule has 0 aromatic carbocycles. The van der Waals surface area contributed by atoms with Crippen LogP contribution in [-0.4, -0.2) is 26.5 Å². The van der Waals surface area contributed by atoms with Gasteiger partial charge in [0.05, 0.1) is 5.69 Å². The third-order valence-electron chi connectivity index (χ3n) is 3.19. The first-order chi connectivity index (χ1) is 9.15. The summed E-state index contributed by atoms with van der Waals surface area (Å²) in [6.45, 7) is 10.6. The van der Waals surface area contributed by atoms with Crippen LogP contribution in [0, 0.1) is 13.8 Å². The van der Waals surface area contributed by atoms with Crippen molar-refractivity contribution in [2.24, 2.45) is 0 Å². The number of hydrogen-bond acceptors (Lipinski definition) is 5. The second-order valence-corrected chi connectivity index (χ2v) is 4.55. The molecule has 104 valence electrons. The Kier molecular flexibility index (Phi) is 4.31. The zero-order valence-electron chi connectivity index (χ0n) is 12.0. The molecule has 0 saturated carbocycles. The smallest absolute Gasteiger partial charge is 0.226 e. The monoisotopic (exact) mass is 263 g/mol. The van der Waals surface area contributed by atoms with Gasteiger partial charge in [-0.2, -0.15) is 10.1 Å². The minimum Gasteiger partial charge on any atom is -0.339 e. The largest absolute Gasteiger partial charge is 0.339 e. The second kappa shape index (κ2) is 5.97. The van der Waals surface area contributed by atoms with E-state index in [1.807, 2.05) is 18.5 Å². The summed E-state index contributed by atoms with van der Waals surface area (Å²) in [5.41, 5.74) is 3.46. The third kappa shape index (κ3) is 3.01. The van der Waals surface area contributed by atoms with Crippen LogP contribution in [-0.2, 0) is 19.5 Å². The van der Waals surface area contributed by atoms with Crippen molar-refractivity contribution < 1.29 is 4.52 Å². The van der Waals surface area contributed by atoms with Gasteiger partial charge in [0.25, 0.3) is 0 Å². The fourth-order valence-electron chi connectivity index (χ4n) is 2.03. The van der Waals surface area contributed by atoms with E-state index in [1.54, 1.807) is 0 Å². The molecule has 1 N–H and O–H groups in total. The molecule has 2 aromatic rings. The van der Waals surface area contributed by atoms with Crippen LogP contribution in [0.1, 0.15) is 42.5 Å². The molecule has 0 aliphatic rings. The van der Waals surface area contributed by atoms with Crippen LogP contribution in [0.3, 0.4) is 0 Å². The summed E-state index contributed by atoms with van der Waals surface area (Å²) < 4.78 is 7.05. The number of aromatic nitrogens is 4. The van der Waals surface area contributed by atoms with Gasteiger partial charge in [0.1, 0.15) is 6.54 Å². The predicted octanol–water partition coefficient (Wildman–Crippen LogP) is 1.60. The van der Waals surface area contributed by atoms with Crippen LogP contribution in [0.4, 0.5) is 0 Å². The Labute approximate surface area is 113 Å². The molecule has 0 spiro atoms. The molecule has 0 aliphatic carbocycles. The molecule has 6 nitrogen and oxygen atoms in total. The van der Waals surface area contributed by atoms with E-state index in [0.717, 1.165) is 30.9 Å². The van der Waals surface area contributed by atoms with Gasteiger partial charge in [-0.05, 0) is 20.4 Å². The molecule has 6 heteroatoms. The van der Waals surface area contributed by atoms with E-state index in [0.29, 0.717) is 18.3 Å². The summed E-state index contributed by atoms with van der Waals surface area (Å²) in [5, 5.41) is 11.8. The molecule has 2 rings (SSSR count). The first-order valence-corrected chi connectivity index (χ1v) is 6.70. The van der Waals surface area contributed by atoms with E-state index in [4.69, 9.17) is 4.52 Å². The molecule has 2 aromatic heterocycles. The average molecular weight is 263 g/mol. The van der Waals surface area contributed by atoms with Crippen molar-refractivity contribution in [2.45, 2.75) is 47.2 Å². The first kappa shape index (κ1) is 13.7. The van der Waals surface area contributed by atoms with Gasteiger partial charge in [-0.15, -0.1) is 0 Å². The quantitative estimate of drug-likeness (QED) is 0.857. The molecule has 0 aliphatic heterocycles. The Hall–Kier alpha value is -1.69. The van der Waals surface area contributed by atoms with Gasteiger partial charge in [-0.3, -0.25) is 4.68 Å². The SMILES string of the molecule is CCNCc1c(C)nn(Cc2noc(CC)n2)c1C. The van der Waals surface area contributed by atoms with E-state index in [-0.39, 0.29) is 0 Å². The second-order valence-electron chi connectivity index (χ2n) is 4.55. The number of hydrogen-bond donors (Lipinski definition) is 1. The van der Waals surface area contributed by atoms with Crippen molar-refractivity contribution in [3.05, 3.63) is 28.7 Å². The highest BCUT2D eigenvalue weighted by atomic mass is 16.5. The van der Waals surface area contributed by atoms with Crippen LogP contribution in [0.15, 0.2) is 4.52 Å².